The van der Waals surface area contributed by atoms with Crippen LogP contribution in [0.5, 0.6) is 0 Å². The zero-order valence-corrected chi connectivity index (χ0v) is 30.3. The molecule has 0 bridgehead atoms. The largest absolute Gasteiger partial charge is 0.454 e. The molecule has 8 aromatic carbocycles. The average molecular weight is 719 g/mol. The molecule has 1 aliphatic rings. The molecule has 0 saturated carbocycles. The Morgan fingerprint density at radius 3 is 1.62 bits per heavy atom. The van der Waals surface area contributed by atoms with Crippen LogP contribution in [0.1, 0.15) is 22.9 Å². The average Bonchev–Trinajstić information content (AvgIpc) is 3.83. The molecule has 0 fully saturated rings. The van der Waals surface area contributed by atoms with Crippen molar-refractivity contribution in [2.24, 2.45) is 9.98 Å². The van der Waals surface area contributed by atoms with Crippen molar-refractivity contribution in [3.8, 4) is 27.9 Å². The number of fused-ring (bicyclic) bond motifs is 6. The van der Waals surface area contributed by atoms with Crippen LogP contribution in [0, 0.1) is 0 Å². The second-order valence-electron chi connectivity index (χ2n) is 14.2. The highest BCUT2D eigenvalue weighted by Gasteiger charge is 2.26. The van der Waals surface area contributed by atoms with E-state index in [-0.39, 0.29) is 0 Å². The zero-order chi connectivity index (χ0) is 37.0. The number of nitrogens with one attached hydrogen (secondary N) is 1. The van der Waals surface area contributed by atoms with E-state index in [1.165, 1.54) is 21.9 Å². The monoisotopic (exact) mass is 718 g/mol. The summed E-state index contributed by atoms with van der Waals surface area (Å²) in [6.45, 7) is 0. The van der Waals surface area contributed by atoms with Gasteiger partial charge in [0, 0.05) is 38.2 Å². The highest BCUT2D eigenvalue weighted by Crippen LogP contribution is 2.42. The second-order valence-corrected chi connectivity index (χ2v) is 14.2. The lowest BCUT2D eigenvalue weighted by atomic mass is 10.0. The molecule has 10 aromatic rings. The van der Waals surface area contributed by atoms with Crippen molar-refractivity contribution in [3.05, 3.63) is 211 Å². The number of para-hydroxylation sites is 1. The Morgan fingerprint density at radius 1 is 0.464 bits per heavy atom. The van der Waals surface area contributed by atoms with E-state index in [2.05, 4.69) is 168 Å². The molecule has 5 nitrogen and oxygen atoms in total. The zero-order valence-electron chi connectivity index (χ0n) is 30.3. The van der Waals surface area contributed by atoms with E-state index in [0.29, 0.717) is 5.84 Å². The van der Waals surface area contributed by atoms with Gasteiger partial charge in [-0.2, -0.15) is 0 Å². The smallest absolute Gasteiger partial charge is 0.159 e. The Bertz CT molecular complexity index is 3050. The third-order valence-electron chi connectivity index (χ3n) is 10.9. The first kappa shape index (κ1) is 32.0. The molecule has 11 rings (SSSR count). The first-order chi connectivity index (χ1) is 27.8. The first-order valence-electron chi connectivity index (χ1n) is 18.9. The van der Waals surface area contributed by atoms with Gasteiger partial charge >= 0.3 is 0 Å². The molecular formula is C51H34N4O. The maximum absolute atomic E-state index is 6.96. The molecule has 0 amide bonds. The number of rotatable bonds is 6. The molecule has 1 aliphatic heterocycles. The summed E-state index contributed by atoms with van der Waals surface area (Å²) in [5.74, 6) is 1.47. The SMILES string of the molecule is c1ccc(C2=NC(c3cccc4oc5c(-n6c7cc(-c8ccccc8)ccc7c7ccc(-c8ccccc8)cc76)cccc5c34)NC(c3ccccc3)=N2)cc1. The van der Waals surface area contributed by atoms with E-state index in [4.69, 9.17) is 14.4 Å². The molecule has 2 aromatic heterocycles. The van der Waals surface area contributed by atoms with Gasteiger partial charge < -0.3 is 14.3 Å². The number of hydrogen-bond acceptors (Lipinski definition) is 4. The van der Waals surface area contributed by atoms with Gasteiger partial charge in [-0.1, -0.05) is 170 Å². The van der Waals surface area contributed by atoms with Gasteiger partial charge in [0.15, 0.2) is 11.4 Å². The Kier molecular flexibility index (Phi) is 7.49. The van der Waals surface area contributed by atoms with E-state index in [1.54, 1.807) is 0 Å². The summed E-state index contributed by atoms with van der Waals surface area (Å²) >= 11 is 0. The summed E-state index contributed by atoms with van der Waals surface area (Å²) in [5.41, 5.74) is 12.5. The molecule has 3 heterocycles. The normalized spacial score (nSPS) is 14.2. The summed E-state index contributed by atoms with van der Waals surface area (Å²) in [7, 11) is 0. The van der Waals surface area contributed by atoms with Gasteiger partial charge in [-0.3, -0.25) is 0 Å². The van der Waals surface area contributed by atoms with Gasteiger partial charge in [0.1, 0.15) is 17.6 Å². The number of aliphatic imine (C=N–C) groups is 2. The van der Waals surface area contributed by atoms with Crippen molar-refractivity contribution in [1.29, 1.82) is 0 Å². The summed E-state index contributed by atoms with van der Waals surface area (Å²) < 4.78 is 9.35. The third kappa shape index (κ3) is 5.32. The number of amidine groups is 2. The van der Waals surface area contributed by atoms with Crippen molar-refractivity contribution in [3.63, 3.8) is 0 Å². The lowest BCUT2D eigenvalue weighted by Gasteiger charge is -2.24. The van der Waals surface area contributed by atoms with E-state index in [9.17, 15) is 0 Å². The maximum atomic E-state index is 6.96. The first-order valence-corrected chi connectivity index (χ1v) is 18.9. The predicted molar refractivity (Wildman–Crippen MR) is 231 cm³/mol. The van der Waals surface area contributed by atoms with E-state index < -0.39 is 6.17 Å². The lowest BCUT2D eigenvalue weighted by molar-refractivity contribution is 0.660. The summed E-state index contributed by atoms with van der Waals surface area (Å²) in [6, 6.07) is 68.0. The summed E-state index contributed by atoms with van der Waals surface area (Å²) in [6.07, 6.45) is -0.402. The van der Waals surface area contributed by atoms with Crippen molar-refractivity contribution in [2.75, 3.05) is 0 Å². The standard InChI is InChI=1S/C51H34N4O/c1-5-15-33(16-6-1)37-27-29-39-40-30-28-38(34-17-7-2-8-18-34)32-45(40)55(44(39)31-37)43-25-13-23-41-47-42(24-14-26-46(47)56-48(41)43)51-53-49(35-19-9-3-10-20-35)52-50(54-51)36-21-11-4-12-22-36/h1-32,51H,(H,52,53,54). The number of benzene rings is 8. The van der Waals surface area contributed by atoms with Crippen LogP contribution in [-0.2, 0) is 0 Å². The number of aromatic nitrogens is 1. The Balaban J connectivity index is 1.14. The van der Waals surface area contributed by atoms with Crippen molar-refractivity contribution in [2.45, 2.75) is 6.17 Å². The molecule has 0 radical (unpaired) electrons. The predicted octanol–water partition coefficient (Wildman–Crippen LogP) is 12.5. The quantitative estimate of drug-likeness (QED) is 0.186. The Labute approximate surface area is 323 Å². The minimum Gasteiger partial charge on any atom is -0.454 e. The van der Waals surface area contributed by atoms with Crippen LogP contribution in [0.15, 0.2) is 209 Å². The van der Waals surface area contributed by atoms with Gasteiger partial charge in [0.2, 0.25) is 0 Å². The molecule has 0 spiro atoms. The fraction of sp³-hybridized carbons (Fsp3) is 0.0196. The van der Waals surface area contributed by atoms with Gasteiger partial charge in [0.05, 0.1) is 16.7 Å². The highest BCUT2D eigenvalue weighted by atomic mass is 16.3. The minimum absolute atomic E-state index is 0.402. The van der Waals surface area contributed by atoms with Crippen molar-refractivity contribution in [1.82, 2.24) is 9.88 Å². The topological polar surface area (TPSA) is 54.8 Å². The van der Waals surface area contributed by atoms with Crippen LogP contribution < -0.4 is 5.32 Å². The minimum atomic E-state index is -0.402. The Hall–Kier alpha value is -7.50. The van der Waals surface area contributed by atoms with Gasteiger partial charge in [0.25, 0.3) is 0 Å². The molecule has 1 unspecified atom stereocenters. The van der Waals surface area contributed by atoms with Gasteiger partial charge in [-0.15, -0.1) is 0 Å². The molecule has 0 aliphatic carbocycles. The molecule has 1 N–H and O–H groups in total. The van der Waals surface area contributed by atoms with E-state index in [1.807, 2.05) is 36.4 Å². The van der Waals surface area contributed by atoms with Crippen LogP contribution in [-0.4, -0.2) is 16.2 Å². The van der Waals surface area contributed by atoms with Crippen LogP contribution in [0.2, 0.25) is 0 Å². The third-order valence-corrected chi connectivity index (χ3v) is 10.9. The Morgan fingerprint density at radius 2 is 1.02 bits per heavy atom. The molecular weight excluding hydrogens is 685 g/mol. The second kappa shape index (κ2) is 13.1. The van der Waals surface area contributed by atoms with E-state index in [0.717, 1.165) is 72.3 Å². The number of hydrogen-bond donors (Lipinski definition) is 1. The highest BCUT2D eigenvalue weighted by molar-refractivity contribution is 6.16. The van der Waals surface area contributed by atoms with Crippen LogP contribution in [0.4, 0.5) is 0 Å². The molecule has 1 atom stereocenters. The van der Waals surface area contributed by atoms with Gasteiger partial charge in [-0.25, -0.2) is 9.98 Å². The van der Waals surface area contributed by atoms with E-state index >= 15 is 0 Å². The van der Waals surface area contributed by atoms with Crippen LogP contribution >= 0.6 is 0 Å². The van der Waals surface area contributed by atoms with Crippen LogP contribution in [0.3, 0.4) is 0 Å². The van der Waals surface area contributed by atoms with Crippen molar-refractivity contribution >= 4 is 55.4 Å². The maximum Gasteiger partial charge on any atom is 0.159 e. The number of nitrogens with zero attached hydrogens (tertiary/aromatic N) is 3. The molecule has 56 heavy (non-hydrogen) atoms. The van der Waals surface area contributed by atoms with Crippen LogP contribution in [0.25, 0.3) is 71.7 Å². The summed E-state index contributed by atoms with van der Waals surface area (Å²) in [5, 5.41) is 8.12. The van der Waals surface area contributed by atoms with Crippen molar-refractivity contribution < 1.29 is 4.42 Å². The molecule has 264 valence electrons. The molecule has 0 saturated heterocycles. The van der Waals surface area contributed by atoms with Gasteiger partial charge in [-0.05, 0) is 46.5 Å². The lowest BCUT2D eigenvalue weighted by Crippen LogP contribution is -2.33. The molecule has 5 heteroatoms. The summed E-state index contributed by atoms with van der Waals surface area (Å²) in [4.78, 5) is 10.3. The fourth-order valence-corrected chi connectivity index (χ4v) is 8.23. The number of furan rings is 1. The fourth-order valence-electron chi connectivity index (χ4n) is 8.23.